The Morgan fingerprint density at radius 3 is 2.64 bits per heavy atom. The van der Waals surface area contributed by atoms with Crippen molar-refractivity contribution in [1.82, 2.24) is 0 Å². The summed E-state index contributed by atoms with van der Waals surface area (Å²) >= 11 is 1.89. The zero-order chi connectivity index (χ0) is 10.0. The summed E-state index contributed by atoms with van der Waals surface area (Å²) in [6.07, 6.45) is 2.47. The van der Waals surface area contributed by atoms with Crippen molar-refractivity contribution in [1.29, 1.82) is 0 Å². The smallest absolute Gasteiger partial charge is 0.310 e. The number of carboxylic acid groups (broad SMARTS) is 1. The average Bonchev–Trinajstić information content (AvgIpc) is 2.72. The van der Waals surface area contributed by atoms with Gasteiger partial charge in [-0.2, -0.15) is 11.8 Å². The fraction of sp³-hybridized carbons (Fsp3) is 0.900. The minimum Gasteiger partial charge on any atom is -0.481 e. The van der Waals surface area contributed by atoms with E-state index in [1.807, 2.05) is 11.8 Å². The van der Waals surface area contributed by atoms with Crippen LogP contribution in [0.15, 0.2) is 0 Å². The topological polar surface area (TPSA) is 46.5 Å². The first-order valence-electron chi connectivity index (χ1n) is 5.14. The van der Waals surface area contributed by atoms with Crippen molar-refractivity contribution < 1.29 is 14.6 Å². The highest BCUT2D eigenvalue weighted by atomic mass is 32.2. The van der Waals surface area contributed by atoms with Crippen LogP contribution in [0.4, 0.5) is 0 Å². The van der Waals surface area contributed by atoms with Crippen LogP contribution in [0.5, 0.6) is 0 Å². The highest BCUT2D eigenvalue weighted by Crippen LogP contribution is 2.45. The standard InChI is InChI=1S/C10H16O3S/c11-9(12)10(2-4-13-5-3-10)8-1-6-14-7-8/h8H,1-7H2,(H,11,12). The Hall–Kier alpha value is -0.220. The molecule has 2 heterocycles. The van der Waals surface area contributed by atoms with E-state index >= 15 is 0 Å². The van der Waals surface area contributed by atoms with Gasteiger partial charge in [0.15, 0.2) is 0 Å². The van der Waals surface area contributed by atoms with Crippen LogP contribution in [0.1, 0.15) is 19.3 Å². The second-order valence-electron chi connectivity index (χ2n) is 4.13. The van der Waals surface area contributed by atoms with Gasteiger partial charge < -0.3 is 9.84 Å². The molecule has 2 rings (SSSR count). The van der Waals surface area contributed by atoms with Crippen molar-refractivity contribution >= 4 is 17.7 Å². The summed E-state index contributed by atoms with van der Waals surface area (Å²) in [7, 11) is 0. The predicted molar refractivity (Wildman–Crippen MR) is 55.6 cm³/mol. The van der Waals surface area contributed by atoms with E-state index in [4.69, 9.17) is 4.74 Å². The molecule has 2 aliphatic heterocycles. The molecule has 2 saturated heterocycles. The predicted octanol–water partition coefficient (Wildman–Crippen LogP) is 1.62. The molecule has 0 saturated carbocycles. The summed E-state index contributed by atoms with van der Waals surface area (Å²) in [6, 6.07) is 0. The van der Waals surface area contributed by atoms with Crippen molar-refractivity contribution in [2.45, 2.75) is 19.3 Å². The molecule has 2 fully saturated rings. The van der Waals surface area contributed by atoms with Crippen molar-refractivity contribution in [2.75, 3.05) is 24.7 Å². The summed E-state index contributed by atoms with van der Waals surface area (Å²) in [5.41, 5.74) is -0.470. The van der Waals surface area contributed by atoms with Crippen LogP contribution in [0.25, 0.3) is 0 Å². The van der Waals surface area contributed by atoms with Crippen molar-refractivity contribution in [3.05, 3.63) is 0 Å². The Labute approximate surface area is 88.2 Å². The third kappa shape index (κ3) is 1.65. The summed E-state index contributed by atoms with van der Waals surface area (Å²) in [5, 5.41) is 9.38. The molecule has 1 N–H and O–H groups in total. The van der Waals surface area contributed by atoms with Gasteiger partial charge in [0.2, 0.25) is 0 Å². The first-order chi connectivity index (χ1) is 6.76. The van der Waals surface area contributed by atoms with E-state index in [2.05, 4.69) is 0 Å². The van der Waals surface area contributed by atoms with Crippen LogP contribution in [-0.2, 0) is 9.53 Å². The zero-order valence-electron chi connectivity index (χ0n) is 8.20. The normalized spacial score (nSPS) is 31.6. The number of aliphatic carboxylic acids is 1. The average molecular weight is 216 g/mol. The van der Waals surface area contributed by atoms with E-state index in [1.54, 1.807) is 0 Å². The maximum absolute atomic E-state index is 11.4. The van der Waals surface area contributed by atoms with Gasteiger partial charge >= 0.3 is 5.97 Å². The van der Waals surface area contributed by atoms with Gasteiger partial charge in [-0.25, -0.2) is 0 Å². The molecule has 0 amide bonds. The van der Waals surface area contributed by atoms with Crippen LogP contribution in [0.3, 0.4) is 0 Å². The molecule has 1 unspecified atom stereocenters. The summed E-state index contributed by atoms with van der Waals surface area (Å²) in [6.45, 7) is 1.24. The first kappa shape index (κ1) is 10.3. The van der Waals surface area contributed by atoms with Gasteiger partial charge in [-0.3, -0.25) is 4.79 Å². The molecular weight excluding hydrogens is 200 g/mol. The van der Waals surface area contributed by atoms with E-state index < -0.39 is 11.4 Å². The molecule has 4 heteroatoms. The van der Waals surface area contributed by atoms with E-state index in [9.17, 15) is 9.90 Å². The van der Waals surface area contributed by atoms with E-state index in [0.29, 0.717) is 32.0 Å². The first-order valence-corrected chi connectivity index (χ1v) is 6.30. The maximum Gasteiger partial charge on any atom is 0.310 e. The lowest BCUT2D eigenvalue weighted by atomic mass is 9.69. The summed E-state index contributed by atoms with van der Waals surface area (Å²) in [4.78, 5) is 11.4. The number of hydrogen-bond acceptors (Lipinski definition) is 3. The third-order valence-corrected chi connectivity index (χ3v) is 4.68. The number of carbonyl (C=O) groups is 1. The Bertz CT molecular complexity index is 217. The molecule has 0 aromatic heterocycles. The van der Waals surface area contributed by atoms with Crippen molar-refractivity contribution in [3.63, 3.8) is 0 Å². The molecule has 80 valence electrons. The van der Waals surface area contributed by atoms with E-state index in [0.717, 1.165) is 17.9 Å². The van der Waals surface area contributed by atoms with E-state index in [1.165, 1.54) is 0 Å². The molecule has 3 nitrogen and oxygen atoms in total. The van der Waals surface area contributed by atoms with Gasteiger partial charge in [-0.05, 0) is 36.7 Å². The molecule has 0 radical (unpaired) electrons. The lowest BCUT2D eigenvalue weighted by Gasteiger charge is -2.37. The number of hydrogen-bond donors (Lipinski definition) is 1. The zero-order valence-corrected chi connectivity index (χ0v) is 9.02. The van der Waals surface area contributed by atoms with Crippen LogP contribution < -0.4 is 0 Å². The Balaban J connectivity index is 2.15. The summed E-state index contributed by atoms with van der Waals surface area (Å²) < 4.78 is 5.26. The SMILES string of the molecule is O=C(O)C1(C2CCSC2)CCOCC1. The van der Waals surface area contributed by atoms with Crippen LogP contribution >= 0.6 is 11.8 Å². The molecule has 0 spiro atoms. The lowest BCUT2D eigenvalue weighted by molar-refractivity contribution is -0.159. The molecular formula is C10H16O3S. The second kappa shape index (κ2) is 4.11. The van der Waals surface area contributed by atoms with Gasteiger partial charge in [-0.15, -0.1) is 0 Å². The molecule has 0 bridgehead atoms. The minimum absolute atomic E-state index is 0.369. The number of ether oxygens (including phenoxy) is 1. The van der Waals surface area contributed by atoms with Crippen LogP contribution in [0.2, 0.25) is 0 Å². The number of carboxylic acids is 1. The fourth-order valence-electron chi connectivity index (χ4n) is 2.50. The van der Waals surface area contributed by atoms with Crippen LogP contribution in [-0.4, -0.2) is 35.8 Å². The Morgan fingerprint density at radius 1 is 1.43 bits per heavy atom. The molecule has 0 aromatic carbocycles. The highest BCUT2D eigenvalue weighted by Gasteiger charge is 2.47. The quantitative estimate of drug-likeness (QED) is 0.762. The van der Waals surface area contributed by atoms with Crippen LogP contribution in [0, 0.1) is 11.3 Å². The molecule has 0 aliphatic carbocycles. The van der Waals surface area contributed by atoms with E-state index in [-0.39, 0.29) is 0 Å². The molecule has 14 heavy (non-hydrogen) atoms. The van der Waals surface area contributed by atoms with Gasteiger partial charge in [-0.1, -0.05) is 0 Å². The van der Waals surface area contributed by atoms with Gasteiger partial charge in [0, 0.05) is 13.2 Å². The second-order valence-corrected chi connectivity index (χ2v) is 5.28. The molecule has 0 aromatic rings. The Morgan fingerprint density at radius 2 is 2.14 bits per heavy atom. The highest BCUT2D eigenvalue weighted by molar-refractivity contribution is 7.99. The minimum atomic E-state index is -0.603. The largest absolute Gasteiger partial charge is 0.481 e. The van der Waals surface area contributed by atoms with Gasteiger partial charge in [0.25, 0.3) is 0 Å². The number of thioether (sulfide) groups is 1. The van der Waals surface area contributed by atoms with Crippen molar-refractivity contribution in [2.24, 2.45) is 11.3 Å². The van der Waals surface area contributed by atoms with Gasteiger partial charge in [0.1, 0.15) is 0 Å². The van der Waals surface area contributed by atoms with Crippen molar-refractivity contribution in [3.8, 4) is 0 Å². The molecule has 1 atom stereocenters. The summed E-state index contributed by atoms with van der Waals surface area (Å²) in [5.74, 6) is 1.91. The molecule has 2 aliphatic rings. The third-order valence-electron chi connectivity index (χ3n) is 3.52. The van der Waals surface area contributed by atoms with Gasteiger partial charge in [0.05, 0.1) is 5.41 Å². The number of rotatable bonds is 2. The Kier molecular flexibility index (Phi) is 3.02. The monoisotopic (exact) mass is 216 g/mol. The maximum atomic E-state index is 11.4. The lowest BCUT2D eigenvalue weighted by Crippen LogP contribution is -2.43. The fourth-order valence-corrected chi connectivity index (χ4v) is 3.89.